The zero-order chi connectivity index (χ0) is 16.2. The van der Waals surface area contributed by atoms with E-state index in [1.807, 2.05) is 0 Å². The van der Waals surface area contributed by atoms with E-state index in [4.69, 9.17) is 5.11 Å². The molecular formula is C11H19N3O6S. The van der Waals surface area contributed by atoms with Crippen LogP contribution < -0.4 is 10.0 Å². The zero-order valence-corrected chi connectivity index (χ0v) is 12.6. The third kappa shape index (κ3) is 4.67. The highest BCUT2D eigenvalue weighted by Crippen LogP contribution is 2.08. The number of nitrogens with zero attached hydrogens (tertiary/aromatic N) is 1. The van der Waals surface area contributed by atoms with Crippen LogP contribution in [0.4, 0.5) is 0 Å². The summed E-state index contributed by atoms with van der Waals surface area (Å²) in [6, 6.07) is -2.33. The first-order chi connectivity index (χ1) is 9.68. The molecule has 10 heteroatoms. The van der Waals surface area contributed by atoms with E-state index in [1.54, 1.807) is 6.92 Å². The molecule has 1 aliphatic rings. The molecule has 1 fully saturated rings. The van der Waals surface area contributed by atoms with Gasteiger partial charge in [0.1, 0.15) is 12.6 Å². The second-order valence-corrected chi connectivity index (χ2v) is 6.66. The molecule has 0 aromatic rings. The Morgan fingerprint density at radius 2 is 2.14 bits per heavy atom. The predicted octanol–water partition coefficient (Wildman–Crippen LogP) is -1.88. The lowest BCUT2D eigenvalue weighted by molar-refractivity contribution is -0.154. The maximum Gasteiger partial charge on any atom is 0.328 e. The molecule has 0 aromatic carbocycles. The van der Waals surface area contributed by atoms with Crippen LogP contribution in [-0.2, 0) is 24.4 Å². The number of piperazine rings is 1. The van der Waals surface area contributed by atoms with Crippen molar-refractivity contribution < 1.29 is 27.9 Å². The Balaban J connectivity index is 2.83. The summed E-state index contributed by atoms with van der Waals surface area (Å²) in [7, 11) is -3.61. The molecule has 0 radical (unpaired) electrons. The van der Waals surface area contributed by atoms with Gasteiger partial charge in [0.05, 0.1) is 11.8 Å². The number of nitrogens with one attached hydrogen (secondary N) is 2. The molecule has 3 N–H and O–H groups in total. The van der Waals surface area contributed by atoms with Gasteiger partial charge in [0.2, 0.25) is 21.8 Å². The van der Waals surface area contributed by atoms with Crippen molar-refractivity contribution in [2.75, 3.05) is 18.8 Å². The Bertz CT molecular complexity index is 532. The van der Waals surface area contributed by atoms with Gasteiger partial charge in [0.25, 0.3) is 0 Å². The molecule has 0 aromatic heterocycles. The summed E-state index contributed by atoms with van der Waals surface area (Å²) in [6.45, 7) is 2.39. The lowest BCUT2D eigenvalue weighted by Gasteiger charge is -2.34. The van der Waals surface area contributed by atoms with Gasteiger partial charge in [0, 0.05) is 6.54 Å². The van der Waals surface area contributed by atoms with Crippen LogP contribution in [0.3, 0.4) is 0 Å². The maximum absolute atomic E-state index is 12.2. The first kappa shape index (κ1) is 17.4. The normalized spacial score (nSPS) is 20.8. The highest BCUT2D eigenvalue weighted by Gasteiger charge is 2.37. The van der Waals surface area contributed by atoms with Crippen LogP contribution >= 0.6 is 0 Å². The Morgan fingerprint density at radius 3 is 2.67 bits per heavy atom. The van der Waals surface area contributed by atoms with E-state index in [-0.39, 0.29) is 12.3 Å². The number of amides is 2. The van der Waals surface area contributed by atoms with Gasteiger partial charge in [-0.25, -0.2) is 17.9 Å². The molecule has 2 atom stereocenters. The number of rotatable bonds is 6. The number of sulfonamides is 1. The molecule has 0 aliphatic carbocycles. The van der Waals surface area contributed by atoms with Crippen LogP contribution in [0.15, 0.2) is 0 Å². The lowest BCUT2D eigenvalue weighted by atomic mass is 10.1. The number of hydrogen-bond donors (Lipinski definition) is 3. The minimum absolute atomic E-state index is 0.131. The SMILES string of the molecule is CCCS(=O)(=O)NC(C)C(=O)N1CC(=O)NCC1C(=O)O. The summed E-state index contributed by atoms with van der Waals surface area (Å²) in [5, 5.41) is 11.4. The summed E-state index contributed by atoms with van der Waals surface area (Å²) in [5.41, 5.74) is 0. The molecule has 120 valence electrons. The fourth-order valence-corrected chi connectivity index (χ4v) is 3.28. The quantitative estimate of drug-likeness (QED) is 0.524. The van der Waals surface area contributed by atoms with E-state index in [0.29, 0.717) is 6.42 Å². The van der Waals surface area contributed by atoms with Gasteiger partial charge >= 0.3 is 5.97 Å². The van der Waals surface area contributed by atoms with E-state index < -0.39 is 46.4 Å². The molecule has 0 spiro atoms. The molecule has 1 heterocycles. The highest BCUT2D eigenvalue weighted by molar-refractivity contribution is 7.89. The summed E-state index contributed by atoms with van der Waals surface area (Å²) >= 11 is 0. The summed E-state index contributed by atoms with van der Waals surface area (Å²) < 4.78 is 25.4. The number of hydrogen-bond acceptors (Lipinski definition) is 5. The molecule has 21 heavy (non-hydrogen) atoms. The van der Waals surface area contributed by atoms with E-state index in [0.717, 1.165) is 4.90 Å². The third-order valence-corrected chi connectivity index (χ3v) is 4.61. The van der Waals surface area contributed by atoms with Crippen LogP contribution in [0.2, 0.25) is 0 Å². The van der Waals surface area contributed by atoms with Crippen LogP contribution in [-0.4, -0.2) is 67.1 Å². The second-order valence-electron chi connectivity index (χ2n) is 4.78. The standard InChI is InChI=1S/C11H19N3O6S/c1-3-4-21(19,20)13-7(2)10(16)14-6-9(15)12-5-8(14)11(17)18/h7-8,13H,3-6H2,1-2H3,(H,12,15)(H,17,18). The van der Waals surface area contributed by atoms with Crippen molar-refractivity contribution in [3.8, 4) is 0 Å². The van der Waals surface area contributed by atoms with E-state index in [1.165, 1.54) is 6.92 Å². The van der Waals surface area contributed by atoms with Gasteiger partial charge in [-0.3, -0.25) is 9.59 Å². The van der Waals surface area contributed by atoms with E-state index >= 15 is 0 Å². The van der Waals surface area contributed by atoms with E-state index in [2.05, 4.69) is 10.0 Å². The van der Waals surface area contributed by atoms with Gasteiger partial charge in [-0.15, -0.1) is 0 Å². The Labute approximate surface area is 122 Å². The first-order valence-electron chi connectivity index (χ1n) is 6.48. The lowest BCUT2D eigenvalue weighted by Crippen LogP contribution is -2.62. The monoisotopic (exact) mass is 321 g/mol. The Hall–Kier alpha value is -1.68. The van der Waals surface area contributed by atoms with Gasteiger partial charge < -0.3 is 15.3 Å². The molecule has 1 saturated heterocycles. The number of carboxylic acids is 1. The van der Waals surface area contributed by atoms with Crippen LogP contribution in [0, 0.1) is 0 Å². The summed E-state index contributed by atoms with van der Waals surface area (Å²) in [6.07, 6.45) is 0.389. The average molecular weight is 321 g/mol. The van der Waals surface area contributed by atoms with Crippen molar-refractivity contribution in [3.63, 3.8) is 0 Å². The number of carboxylic acid groups (broad SMARTS) is 1. The second kappa shape index (κ2) is 6.85. The highest BCUT2D eigenvalue weighted by atomic mass is 32.2. The van der Waals surface area contributed by atoms with Gasteiger partial charge in [0.15, 0.2) is 0 Å². The smallest absolute Gasteiger partial charge is 0.328 e. The first-order valence-corrected chi connectivity index (χ1v) is 8.13. The number of carbonyl (C=O) groups excluding carboxylic acids is 2. The largest absolute Gasteiger partial charge is 0.480 e. The van der Waals surface area contributed by atoms with Gasteiger partial charge in [-0.05, 0) is 13.3 Å². The Morgan fingerprint density at radius 1 is 1.52 bits per heavy atom. The molecule has 1 aliphatic heterocycles. The molecule has 2 unspecified atom stereocenters. The maximum atomic E-state index is 12.2. The average Bonchev–Trinajstić information content (AvgIpc) is 2.36. The minimum Gasteiger partial charge on any atom is -0.480 e. The van der Waals surface area contributed by atoms with Gasteiger partial charge in [-0.1, -0.05) is 6.92 Å². The number of aliphatic carboxylic acids is 1. The molecular weight excluding hydrogens is 302 g/mol. The van der Waals surface area contributed by atoms with Crippen molar-refractivity contribution >= 4 is 27.8 Å². The third-order valence-electron chi connectivity index (χ3n) is 2.95. The van der Waals surface area contributed by atoms with Crippen molar-refractivity contribution in [1.29, 1.82) is 0 Å². The minimum atomic E-state index is -3.61. The molecule has 1 rings (SSSR count). The fraction of sp³-hybridized carbons (Fsp3) is 0.727. The molecule has 0 saturated carbocycles. The Kier molecular flexibility index (Phi) is 5.67. The van der Waals surface area contributed by atoms with Crippen LogP contribution in [0.25, 0.3) is 0 Å². The van der Waals surface area contributed by atoms with E-state index in [9.17, 15) is 22.8 Å². The topological polar surface area (TPSA) is 133 Å². The van der Waals surface area contributed by atoms with Crippen molar-refractivity contribution in [3.05, 3.63) is 0 Å². The molecule has 0 bridgehead atoms. The van der Waals surface area contributed by atoms with Crippen LogP contribution in [0.1, 0.15) is 20.3 Å². The summed E-state index contributed by atoms with van der Waals surface area (Å²) in [4.78, 5) is 35.5. The predicted molar refractivity (Wildman–Crippen MR) is 72.8 cm³/mol. The van der Waals surface area contributed by atoms with Crippen molar-refractivity contribution in [1.82, 2.24) is 14.9 Å². The zero-order valence-electron chi connectivity index (χ0n) is 11.8. The van der Waals surface area contributed by atoms with Gasteiger partial charge in [-0.2, -0.15) is 0 Å². The fourth-order valence-electron chi connectivity index (χ4n) is 1.99. The van der Waals surface area contributed by atoms with Crippen molar-refractivity contribution in [2.24, 2.45) is 0 Å². The number of carbonyl (C=O) groups is 3. The summed E-state index contributed by atoms with van der Waals surface area (Å²) in [5.74, 6) is -2.61. The van der Waals surface area contributed by atoms with Crippen molar-refractivity contribution in [2.45, 2.75) is 32.4 Å². The van der Waals surface area contributed by atoms with Crippen LogP contribution in [0.5, 0.6) is 0 Å². The molecule has 2 amide bonds. The molecule has 9 nitrogen and oxygen atoms in total.